The van der Waals surface area contributed by atoms with Gasteiger partial charge in [0.25, 0.3) is 11.6 Å². The van der Waals surface area contributed by atoms with Gasteiger partial charge in [0.2, 0.25) is 0 Å². The van der Waals surface area contributed by atoms with E-state index >= 15 is 0 Å². The Kier molecular flexibility index (Phi) is 4.52. The van der Waals surface area contributed by atoms with Gasteiger partial charge in [-0.1, -0.05) is 48.5 Å². The molecule has 0 aliphatic carbocycles. The lowest BCUT2D eigenvalue weighted by atomic mass is 10.1. The van der Waals surface area contributed by atoms with Gasteiger partial charge >= 0.3 is 0 Å². The molecule has 0 aromatic heterocycles. The highest BCUT2D eigenvalue weighted by Crippen LogP contribution is 2.25. The molecule has 0 fully saturated rings. The van der Waals surface area contributed by atoms with Gasteiger partial charge in [-0.05, 0) is 29.3 Å². The number of nitro groups is 1. The molecule has 1 amide bonds. The maximum atomic E-state index is 14.3. The summed E-state index contributed by atoms with van der Waals surface area (Å²) in [4.78, 5) is 22.6. The standard InChI is InChI=1S/C19H13FN2O3/c20-16-12-14(13-6-2-1-3-7-13)10-11-17(16)21-19(23)15-8-4-5-9-18(15)22(24)25/h1-12H,(H,21,23). The van der Waals surface area contributed by atoms with Gasteiger partial charge in [-0.15, -0.1) is 0 Å². The highest BCUT2D eigenvalue weighted by atomic mass is 19.1. The van der Waals surface area contributed by atoms with E-state index in [-0.39, 0.29) is 16.9 Å². The Bertz CT molecular complexity index is 942. The first-order valence-corrected chi connectivity index (χ1v) is 7.46. The lowest BCUT2D eigenvalue weighted by Gasteiger charge is -2.09. The maximum Gasteiger partial charge on any atom is 0.282 e. The van der Waals surface area contributed by atoms with Crippen LogP contribution in [-0.4, -0.2) is 10.8 Å². The summed E-state index contributed by atoms with van der Waals surface area (Å²) in [5.74, 6) is -1.35. The Morgan fingerprint density at radius 3 is 2.28 bits per heavy atom. The number of carbonyl (C=O) groups excluding carboxylic acids is 1. The van der Waals surface area contributed by atoms with Crippen LogP contribution < -0.4 is 5.32 Å². The summed E-state index contributed by atoms with van der Waals surface area (Å²) in [7, 11) is 0. The molecular weight excluding hydrogens is 323 g/mol. The smallest absolute Gasteiger partial charge is 0.282 e. The number of anilines is 1. The van der Waals surface area contributed by atoms with Crippen molar-refractivity contribution in [2.24, 2.45) is 0 Å². The summed E-state index contributed by atoms with van der Waals surface area (Å²) in [5.41, 5.74) is 1.02. The third kappa shape index (κ3) is 3.53. The van der Waals surface area contributed by atoms with Crippen molar-refractivity contribution >= 4 is 17.3 Å². The van der Waals surface area contributed by atoms with Crippen molar-refractivity contribution in [3.05, 3.63) is 94.3 Å². The van der Waals surface area contributed by atoms with Crippen LogP contribution in [0.5, 0.6) is 0 Å². The molecule has 3 rings (SSSR count). The second-order valence-electron chi connectivity index (χ2n) is 5.29. The molecule has 5 nitrogen and oxygen atoms in total. The van der Waals surface area contributed by atoms with Gasteiger partial charge < -0.3 is 5.32 Å². The number of rotatable bonds is 4. The molecule has 3 aromatic carbocycles. The van der Waals surface area contributed by atoms with E-state index in [1.54, 1.807) is 6.07 Å². The minimum Gasteiger partial charge on any atom is -0.319 e. The average molecular weight is 336 g/mol. The molecule has 0 heterocycles. The van der Waals surface area contributed by atoms with Gasteiger partial charge in [0.15, 0.2) is 0 Å². The molecule has 0 bridgehead atoms. The van der Waals surface area contributed by atoms with Crippen molar-refractivity contribution in [2.75, 3.05) is 5.32 Å². The van der Waals surface area contributed by atoms with Crippen LogP contribution in [0.4, 0.5) is 15.8 Å². The van der Waals surface area contributed by atoms with Gasteiger partial charge in [0, 0.05) is 6.07 Å². The molecule has 124 valence electrons. The Morgan fingerprint density at radius 1 is 0.920 bits per heavy atom. The summed E-state index contributed by atoms with van der Waals surface area (Å²) in [5, 5.41) is 13.4. The van der Waals surface area contributed by atoms with E-state index in [9.17, 15) is 19.3 Å². The quantitative estimate of drug-likeness (QED) is 0.556. The number of nitrogens with one attached hydrogen (secondary N) is 1. The Hall–Kier alpha value is -3.54. The zero-order valence-electron chi connectivity index (χ0n) is 13.0. The van der Waals surface area contributed by atoms with Crippen LogP contribution in [0.25, 0.3) is 11.1 Å². The second-order valence-corrected chi connectivity index (χ2v) is 5.29. The van der Waals surface area contributed by atoms with E-state index in [4.69, 9.17) is 0 Å². The molecule has 0 radical (unpaired) electrons. The Balaban J connectivity index is 1.87. The molecule has 6 heteroatoms. The molecule has 0 spiro atoms. The monoisotopic (exact) mass is 336 g/mol. The van der Waals surface area contributed by atoms with Crippen LogP contribution >= 0.6 is 0 Å². The lowest BCUT2D eigenvalue weighted by Crippen LogP contribution is -2.14. The van der Waals surface area contributed by atoms with Crippen molar-refractivity contribution in [3.63, 3.8) is 0 Å². The zero-order valence-corrected chi connectivity index (χ0v) is 13.0. The zero-order chi connectivity index (χ0) is 17.8. The van der Waals surface area contributed by atoms with E-state index in [1.165, 1.54) is 36.4 Å². The Labute approximate surface area is 142 Å². The molecule has 0 aliphatic heterocycles. The molecule has 3 aromatic rings. The predicted octanol–water partition coefficient (Wildman–Crippen LogP) is 4.65. The molecule has 0 saturated carbocycles. The number of benzene rings is 3. The fourth-order valence-electron chi connectivity index (χ4n) is 2.44. The van der Waals surface area contributed by atoms with E-state index < -0.39 is 16.6 Å². The highest BCUT2D eigenvalue weighted by molar-refractivity contribution is 6.07. The molecule has 0 saturated heterocycles. The Morgan fingerprint density at radius 2 is 1.60 bits per heavy atom. The summed E-state index contributed by atoms with van der Waals surface area (Å²) in [6.07, 6.45) is 0. The molecule has 0 atom stereocenters. The normalized spacial score (nSPS) is 10.3. The number of hydrogen-bond acceptors (Lipinski definition) is 3. The first-order valence-electron chi connectivity index (χ1n) is 7.46. The van der Waals surface area contributed by atoms with Gasteiger partial charge in [-0.25, -0.2) is 4.39 Å². The van der Waals surface area contributed by atoms with Crippen LogP contribution in [0, 0.1) is 15.9 Å². The summed E-state index contributed by atoms with van der Waals surface area (Å²) >= 11 is 0. The van der Waals surface area contributed by atoms with Crippen molar-refractivity contribution in [1.29, 1.82) is 0 Å². The predicted molar refractivity (Wildman–Crippen MR) is 92.9 cm³/mol. The van der Waals surface area contributed by atoms with Crippen molar-refractivity contribution < 1.29 is 14.1 Å². The number of hydrogen-bond donors (Lipinski definition) is 1. The maximum absolute atomic E-state index is 14.3. The lowest BCUT2D eigenvalue weighted by molar-refractivity contribution is -0.385. The summed E-state index contributed by atoms with van der Waals surface area (Å²) in [6, 6.07) is 19.2. The fraction of sp³-hybridized carbons (Fsp3) is 0. The fourth-order valence-corrected chi connectivity index (χ4v) is 2.44. The molecule has 25 heavy (non-hydrogen) atoms. The highest BCUT2D eigenvalue weighted by Gasteiger charge is 2.20. The number of carbonyl (C=O) groups is 1. The topological polar surface area (TPSA) is 72.2 Å². The summed E-state index contributed by atoms with van der Waals surface area (Å²) < 4.78 is 14.3. The van der Waals surface area contributed by atoms with Crippen molar-refractivity contribution in [2.45, 2.75) is 0 Å². The average Bonchev–Trinajstić information content (AvgIpc) is 2.64. The van der Waals surface area contributed by atoms with E-state index in [2.05, 4.69) is 5.32 Å². The van der Waals surface area contributed by atoms with Crippen molar-refractivity contribution in [1.82, 2.24) is 0 Å². The van der Waals surface area contributed by atoms with E-state index in [0.29, 0.717) is 5.56 Å². The number of halogens is 1. The van der Waals surface area contributed by atoms with Crippen LogP contribution in [0.3, 0.4) is 0 Å². The van der Waals surface area contributed by atoms with Gasteiger partial charge in [-0.3, -0.25) is 14.9 Å². The minimum atomic E-state index is -0.737. The van der Waals surface area contributed by atoms with Gasteiger partial charge in [0.1, 0.15) is 11.4 Å². The molecular formula is C19H13FN2O3. The first kappa shape index (κ1) is 16.3. The third-order valence-corrected chi connectivity index (χ3v) is 3.67. The molecule has 1 N–H and O–H groups in total. The largest absolute Gasteiger partial charge is 0.319 e. The number of para-hydroxylation sites is 1. The van der Waals surface area contributed by atoms with Crippen molar-refractivity contribution in [3.8, 4) is 11.1 Å². The number of amides is 1. The van der Waals surface area contributed by atoms with Gasteiger partial charge in [0.05, 0.1) is 10.6 Å². The minimum absolute atomic E-state index is 0.0390. The SMILES string of the molecule is O=C(Nc1ccc(-c2ccccc2)cc1F)c1ccccc1[N+](=O)[O-]. The second kappa shape index (κ2) is 6.92. The van der Waals surface area contributed by atoms with Crippen LogP contribution in [0.15, 0.2) is 72.8 Å². The van der Waals surface area contributed by atoms with Gasteiger partial charge in [-0.2, -0.15) is 0 Å². The summed E-state index contributed by atoms with van der Waals surface area (Å²) in [6.45, 7) is 0. The third-order valence-electron chi connectivity index (χ3n) is 3.67. The van der Waals surface area contributed by atoms with Crippen LogP contribution in [-0.2, 0) is 0 Å². The van der Waals surface area contributed by atoms with Crippen LogP contribution in [0.2, 0.25) is 0 Å². The van der Waals surface area contributed by atoms with E-state index in [1.807, 2.05) is 30.3 Å². The first-order chi connectivity index (χ1) is 12.1. The molecule has 0 unspecified atom stereocenters. The number of nitrogens with zero attached hydrogens (tertiary/aromatic N) is 1. The number of nitro benzene ring substituents is 1. The van der Waals surface area contributed by atoms with Crippen LogP contribution in [0.1, 0.15) is 10.4 Å². The molecule has 0 aliphatic rings. The van der Waals surface area contributed by atoms with E-state index in [0.717, 1.165) is 5.56 Å².